The van der Waals surface area contributed by atoms with Crippen molar-refractivity contribution in [3.05, 3.63) is 29.3 Å². The zero-order chi connectivity index (χ0) is 14.3. The summed E-state index contributed by atoms with van der Waals surface area (Å²) in [5, 5.41) is 10.3. The monoisotopic (exact) mass is 266 g/mol. The van der Waals surface area contributed by atoms with Gasteiger partial charge in [-0.25, -0.2) is 0 Å². The summed E-state index contributed by atoms with van der Waals surface area (Å²) in [4.78, 5) is 0. The summed E-state index contributed by atoms with van der Waals surface area (Å²) >= 11 is 0. The Kier molecular flexibility index (Phi) is 6.84. The van der Waals surface area contributed by atoms with Gasteiger partial charge in [0.25, 0.3) is 0 Å². The molecule has 4 nitrogen and oxygen atoms in total. The number of aliphatic hydroxyl groups is 1. The second kappa shape index (κ2) is 8.15. The lowest BCUT2D eigenvalue weighted by atomic mass is 9.94. The van der Waals surface area contributed by atoms with Crippen LogP contribution in [-0.4, -0.2) is 24.3 Å². The molecule has 2 atom stereocenters. The predicted octanol–water partition coefficient (Wildman–Crippen LogP) is 1.75. The van der Waals surface area contributed by atoms with E-state index in [1.807, 2.05) is 18.2 Å². The van der Waals surface area contributed by atoms with E-state index in [-0.39, 0.29) is 6.04 Å². The van der Waals surface area contributed by atoms with Crippen LogP contribution < -0.4 is 16.2 Å². The molecular weight excluding hydrogens is 240 g/mol. The highest BCUT2D eigenvalue weighted by atomic mass is 16.5. The normalized spacial score (nSPS) is 14.2. The second-order valence-corrected chi connectivity index (χ2v) is 4.75. The van der Waals surface area contributed by atoms with E-state index in [1.54, 1.807) is 0 Å². The van der Waals surface area contributed by atoms with Crippen LogP contribution in [0.15, 0.2) is 18.2 Å². The van der Waals surface area contributed by atoms with Crippen molar-refractivity contribution in [3.8, 4) is 5.75 Å². The minimum Gasteiger partial charge on any atom is -0.494 e. The fourth-order valence-electron chi connectivity index (χ4n) is 2.07. The maximum Gasteiger partial charge on any atom is 0.119 e. The fourth-order valence-corrected chi connectivity index (χ4v) is 2.07. The van der Waals surface area contributed by atoms with Crippen molar-refractivity contribution in [2.24, 2.45) is 11.5 Å². The molecule has 4 heteroatoms. The molecule has 1 aromatic carbocycles. The smallest absolute Gasteiger partial charge is 0.119 e. The first kappa shape index (κ1) is 16.0. The Balaban J connectivity index is 2.88. The largest absolute Gasteiger partial charge is 0.494 e. The van der Waals surface area contributed by atoms with Crippen molar-refractivity contribution < 1.29 is 9.84 Å². The number of hydrogen-bond acceptors (Lipinski definition) is 4. The van der Waals surface area contributed by atoms with Crippen LogP contribution >= 0.6 is 0 Å². The van der Waals surface area contributed by atoms with Gasteiger partial charge in [0.1, 0.15) is 5.75 Å². The van der Waals surface area contributed by atoms with Gasteiger partial charge in [0.05, 0.1) is 12.7 Å². The van der Waals surface area contributed by atoms with Gasteiger partial charge in [0.2, 0.25) is 0 Å². The Morgan fingerprint density at radius 3 is 2.63 bits per heavy atom. The van der Waals surface area contributed by atoms with Crippen molar-refractivity contribution in [1.29, 1.82) is 0 Å². The van der Waals surface area contributed by atoms with E-state index < -0.39 is 6.10 Å². The predicted molar refractivity (Wildman–Crippen MR) is 78.2 cm³/mol. The van der Waals surface area contributed by atoms with Gasteiger partial charge >= 0.3 is 0 Å². The molecule has 0 fully saturated rings. The van der Waals surface area contributed by atoms with Crippen LogP contribution in [0.3, 0.4) is 0 Å². The number of rotatable bonds is 8. The highest BCUT2D eigenvalue weighted by Gasteiger charge is 2.19. The van der Waals surface area contributed by atoms with Crippen LogP contribution in [0.2, 0.25) is 0 Å². The van der Waals surface area contributed by atoms with Crippen LogP contribution in [-0.2, 0) is 6.42 Å². The maximum absolute atomic E-state index is 10.3. The Labute approximate surface area is 115 Å². The van der Waals surface area contributed by atoms with Crippen LogP contribution in [0, 0.1) is 0 Å². The maximum atomic E-state index is 10.3. The lowest BCUT2D eigenvalue weighted by Gasteiger charge is -2.21. The Hall–Kier alpha value is -1.10. The lowest BCUT2D eigenvalue weighted by Crippen LogP contribution is -2.31. The Bertz CT molecular complexity index is 382. The molecular formula is C15H26N2O2. The summed E-state index contributed by atoms with van der Waals surface area (Å²) in [7, 11) is 0. The third kappa shape index (κ3) is 4.49. The third-order valence-corrected chi connectivity index (χ3v) is 3.19. The van der Waals surface area contributed by atoms with Gasteiger partial charge in [-0.1, -0.05) is 19.9 Å². The molecule has 0 aliphatic rings. The van der Waals surface area contributed by atoms with E-state index in [0.717, 1.165) is 29.7 Å². The van der Waals surface area contributed by atoms with E-state index in [1.165, 1.54) is 0 Å². The zero-order valence-corrected chi connectivity index (χ0v) is 11.9. The molecule has 0 aromatic heterocycles. The summed E-state index contributed by atoms with van der Waals surface area (Å²) < 4.78 is 5.61. The van der Waals surface area contributed by atoms with Gasteiger partial charge in [-0.2, -0.15) is 0 Å². The molecule has 5 N–H and O–H groups in total. The molecule has 0 saturated heterocycles. The molecule has 0 aliphatic carbocycles. The summed E-state index contributed by atoms with van der Waals surface area (Å²) in [5.74, 6) is 0.849. The van der Waals surface area contributed by atoms with E-state index in [0.29, 0.717) is 19.6 Å². The highest BCUT2D eigenvalue weighted by Crippen LogP contribution is 2.26. The van der Waals surface area contributed by atoms with Gasteiger partial charge in [-0.3, -0.25) is 0 Å². The van der Waals surface area contributed by atoms with Gasteiger partial charge in [-0.05, 0) is 49.1 Å². The van der Waals surface area contributed by atoms with E-state index >= 15 is 0 Å². The number of aryl methyl sites for hydroxylation is 1. The second-order valence-electron chi connectivity index (χ2n) is 4.75. The van der Waals surface area contributed by atoms with Gasteiger partial charge in [-0.15, -0.1) is 0 Å². The molecule has 0 radical (unpaired) electrons. The van der Waals surface area contributed by atoms with Crippen LogP contribution in [0.25, 0.3) is 0 Å². The molecule has 19 heavy (non-hydrogen) atoms. The summed E-state index contributed by atoms with van der Waals surface area (Å²) in [6.07, 6.45) is 1.76. The molecule has 1 rings (SSSR count). The third-order valence-electron chi connectivity index (χ3n) is 3.19. The topological polar surface area (TPSA) is 81.5 Å². The fraction of sp³-hybridized carbons (Fsp3) is 0.600. The quantitative estimate of drug-likeness (QED) is 0.669. The molecule has 1 aromatic rings. The van der Waals surface area contributed by atoms with Crippen molar-refractivity contribution >= 4 is 0 Å². The van der Waals surface area contributed by atoms with Gasteiger partial charge in [0, 0.05) is 6.04 Å². The SMILES string of the molecule is CCCOc1ccc(C(O)C(N)CCN)c(CC)c1. The number of aliphatic hydroxyl groups excluding tert-OH is 1. The Morgan fingerprint density at radius 2 is 2.05 bits per heavy atom. The summed E-state index contributed by atoms with van der Waals surface area (Å²) in [6, 6.07) is 5.47. The first-order valence-electron chi connectivity index (χ1n) is 7.03. The first-order chi connectivity index (χ1) is 9.13. The van der Waals surface area contributed by atoms with Crippen LogP contribution in [0.5, 0.6) is 5.75 Å². The van der Waals surface area contributed by atoms with Crippen molar-refractivity contribution in [2.75, 3.05) is 13.2 Å². The summed E-state index contributed by atoms with van der Waals surface area (Å²) in [5.41, 5.74) is 13.4. The molecule has 0 spiro atoms. The van der Waals surface area contributed by atoms with Crippen molar-refractivity contribution in [2.45, 2.75) is 45.3 Å². The highest BCUT2D eigenvalue weighted by molar-refractivity contribution is 5.37. The number of hydrogen-bond donors (Lipinski definition) is 3. The van der Waals surface area contributed by atoms with E-state index in [9.17, 15) is 5.11 Å². The number of benzene rings is 1. The lowest BCUT2D eigenvalue weighted by molar-refractivity contribution is 0.142. The molecule has 0 bridgehead atoms. The van der Waals surface area contributed by atoms with Gasteiger partial charge < -0.3 is 21.3 Å². The Morgan fingerprint density at radius 1 is 1.32 bits per heavy atom. The van der Waals surface area contributed by atoms with Gasteiger partial charge in [0.15, 0.2) is 0 Å². The summed E-state index contributed by atoms with van der Waals surface area (Å²) in [6.45, 7) is 5.32. The number of nitrogens with two attached hydrogens (primary N) is 2. The minimum absolute atomic E-state index is 0.322. The van der Waals surface area contributed by atoms with Crippen LogP contribution in [0.4, 0.5) is 0 Å². The molecule has 108 valence electrons. The number of ether oxygens (including phenoxy) is 1. The standard InChI is InChI=1S/C15H26N2O2/c1-3-9-19-12-5-6-13(11(4-2)10-12)15(18)14(17)7-8-16/h5-6,10,14-15,18H,3-4,7-9,16-17H2,1-2H3. The van der Waals surface area contributed by atoms with Crippen molar-refractivity contribution in [1.82, 2.24) is 0 Å². The van der Waals surface area contributed by atoms with Crippen molar-refractivity contribution in [3.63, 3.8) is 0 Å². The molecule has 0 aliphatic heterocycles. The van der Waals surface area contributed by atoms with E-state index in [2.05, 4.69) is 13.8 Å². The van der Waals surface area contributed by atoms with E-state index in [4.69, 9.17) is 16.2 Å². The first-order valence-corrected chi connectivity index (χ1v) is 7.03. The average Bonchev–Trinajstić information content (AvgIpc) is 2.44. The average molecular weight is 266 g/mol. The molecule has 0 heterocycles. The van der Waals surface area contributed by atoms with Crippen LogP contribution in [0.1, 0.15) is 43.9 Å². The minimum atomic E-state index is -0.668. The molecule has 0 saturated carbocycles. The molecule has 2 unspecified atom stereocenters. The zero-order valence-electron chi connectivity index (χ0n) is 11.9. The molecule has 0 amide bonds.